The third-order valence-electron chi connectivity index (χ3n) is 4.92. The second kappa shape index (κ2) is 6.37. The van der Waals surface area contributed by atoms with Crippen LogP contribution in [0, 0.1) is 0 Å². The first-order valence-electron chi connectivity index (χ1n) is 8.70. The van der Waals surface area contributed by atoms with Crippen LogP contribution in [0.25, 0.3) is 11.0 Å². The highest BCUT2D eigenvalue weighted by Crippen LogP contribution is 2.42. The Balaban J connectivity index is 1.87. The number of para-hydroxylation sites is 1. The molecule has 0 unspecified atom stereocenters. The van der Waals surface area contributed by atoms with Crippen molar-refractivity contribution in [2.75, 3.05) is 6.61 Å². The summed E-state index contributed by atoms with van der Waals surface area (Å²) in [6.07, 6.45) is 2.07. The van der Waals surface area contributed by atoms with E-state index < -0.39 is 8.07 Å². The molecule has 0 atom stereocenters. The molecule has 3 rings (SSSR count). The molecule has 0 aliphatic heterocycles. The highest BCUT2D eigenvalue weighted by atomic mass is 28.3. The predicted octanol–water partition coefficient (Wildman–Crippen LogP) is 4.09. The molecule has 1 aromatic carbocycles. The van der Waals surface area contributed by atoms with Gasteiger partial charge < -0.3 is 4.74 Å². The molecule has 0 radical (unpaired) electrons. The summed E-state index contributed by atoms with van der Waals surface area (Å²) in [5.74, 6) is 0.496. The van der Waals surface area contributed by atoms with Crippen LogP contribution in [0.3, 0.4) is 0 Å². The molecular weight excluding hydrogens is 316 g/mol. The maximum Gasteiger partial charge on any atom is 0.330 e. The van der Waals surface area contributed by atoms with Crippen LogP contribution >= 0.6 is 0 Å². The third-order valence-corrected chi connectivity index (χ3v) is 6.62. The van der Waals surface area contributed by atoms with Crippen molar-refractivity contribution in [1.29, 1.82) is 0 Å². The Kier molecular flexibility index (Phi) is 4.58. The number of benzene rings is 1. The Morgan fingerprint density at radius 1 is 1.29 bits per heavy atom. The summed E-state index contributed by atoms with van der Waals surface area (Å²) >= 11 is 0. The molecule has 1 aliphatic rings. The number of rotatable bonds is 6. The van der Waals surface area contributed by atoms with Crippen molar-refractivity contribution in [2.45, 2.75) is 51.2 Å². The largest absolute Gasteiger partial charge is 0.361 e. The Bertz CT molecular complexity index is 818. The quantitative estimate of drug-likeness (QED) is 0.450. The first-order chi connectivity index (χ1) is 11.3. The minimum Gasteiger partial charge on any atom is -0.361 e. The first-order valence-corrected chi connectivity index (χ1v) is 12.4. The fraction of sp³-hybridized carbons (Fsp3) is 0.526. The summed E-state index contributed by atoms with van der Waals surface area (Å²) in [6, 6.07) is 7.34. The summed E-state index contributed by atoms with van der Waals surface area (Å²) in [5, 5.41) is 0. The van der Waals surface area contributed by atoms with E-state index in [0.717, 1.165) is 36.5 Å². The van der Waals surface area contributed by atoms with Crippen molar-refractivity contribution >= 4 is 19.1 Å². The molecular formula is C19H28N2O2Si. The fourth-order valence-corrected chi connectivity index (χ4v) is 4.11. The molecule has 0 saturated heterocycles. The maximum absolute atomic E-state index is 12.7. The van der Waals surface area contributed by atoms with Gasteiger partial charge in [0.05, 0.1) is 11.0 Å². The van der Waals surface area contributed by atoms with Gasteiger partial charge in [-0.3, -0.25) is 9.13 Å². The zero-order chi connectivity index (χ0) is 17.5. The van der Waals surface area contributed by atoms with Crippen molar-refractivity contribution in [3.05, 3.63) is 46.4 Å². The van der Waals surface area contributed by atoms with Crippen LogP contribution in [0.2, 0.25) is 25.7 Å². The van der Waals surface area contributed by atoms with E-state index in [2.05, 4.69) is 38.4 Å². The summed E-state index contributed by atoms with van der Waals surface area (Å²) in [5.41, 5.74) is 4.60. The number of aryl methyl sites for hydroxylation is 1. The van der Waals surface area contributed by atoms with Gasteiger partial charge >= 0.3 is 5.69 Å². The van der Waals surface area contributed by atoms with Gasteiger partial charge in [-0.25, -0.2) is 4.79 Å². The van der Waals surface area contributed by atoms with Crippen molar-refractivity contribution in [3.8, 4) is 0 Å². The number of ether oxygens (including phenoxy) is 1. The average Bonchev–Trinajstić information content (AvgIpc) is 2.72. The molecule has 0 spiro atoms. The molecule has 2 aromatic rings. The molecule has 1 saturated carbocycles. The Labute approximate surface area is 144 Å². The van der Waals surface area contributed by atoms with Crippen molar-refractivity contribution in [2.24, 2.45) is 7.05 Å². The number of hydrogen-bond acceptors (Lipinski definition) is 2. The Morgan fingerprint density at radius 2 is 2.00 bits per heavy atom. The fourth-order valence-electron chi connectivity index (χ4n) is 3.36. The predicted molar refractivity (Wildman–Crippen MR) is 102 cm³/mol. The Hall–Kier alpha value is -1.59. The van der Waals surface area contributed by atoms with Crippen LogP contribution in [0.1, 0.15) is 24.3 Å². The van der Waals surface area contributed by atoms with Gasteiger partial charge in [0, 0.05) is 21.7 Å². The third kappa shape index (κ3) is 3.28. The number of aromatic nitrogens is 2. The molecule has 0 N–H and O–H groups in total. The second-order valence-corrected chi connectivity index (χ2v) is 13.8. The molecule has 0 amide bonds. The summed E-state index contributed by atoms with van der Waals surface area (Å²) in [7, 11) is 0.750. The van der Waals surface area contributed by atoms with E-state index in [1.54, 1.807) is 9.13 Å². The lowest BCUT2D eigenvalue weighted by molar-refractivity contribution is 0.0873. The molecule has 4 nitrogen and oxygen atoms in total. The minimum absolute atomic E-state index is 0.00334. The van der Waals surface area contributed by atoms with Gasteiger partial charge in [-0.05, 0) is 36.4 Å². The highest BCUT2D eigenvalue weighted by Gasteiger charge is 2.27. The molecule has 24 heavy (non-hydrogen) atoms. The lowest BCUT2D eigenvalue weighted by Crippen LogP contribution is -2.25. The zero-order valence-electron chi connectivity index (χ0n) is 15.3. The van der Waals surface area contributed by atoms with E-state index in [9.17, 15) is 4.79 Å². The van der Waals surface area contributed by atoms with Crippen LogP contribution < -0.4 is 5.69 Å². The SMILES string of the molecule is C=C1CC(c2cccc3c2n(C)c(=O)n3COCC[Si](C)(C)C)C1. The van der Waals surface area contributed by atoms with Crippen LogP contribution in [0.5, 0.6) is 0 Å². The van der Waals surface area contributed by atoms with Gasteiger partial charge in [0.1, 0.15) is 6.73 Å². The molecule has 130 valence electrons. The van der Waals surface area contributed by atoms with E-state index in [1.165, 1.54) is 11.1 Å². The highest BCUT2D eigenvalue weighted by molar-refractivity contribution is 6.76. The summed E-state index contributed by atoms with van der Waals surface area (Å²) in [4.78, 5) is 12.7. The van der Waals surface area contributed by atoms with E-state index in [0.29, 0.717) is 12.6 Å². The number of imidazole rings is 1. The molecule has 1 aromatic heterocycles. The topological polar surface area (TPSA) is 36.2 Å². The lowest BCUT2D eigenvalue weighted by Gasteiger charge is -2.29. The number of allylic oxidation sites excluding steroid dienone is 1. The molecule has 5 heteroatoms. The molecule has 1 aliphatic carbocycles. The molecule has 1 fully saturated rings. The van der Waals surface area contributed by atoms with Gasteiger partial charge in [0.2, 0.25) is 0 Å². The second-order valence-electron chi connectivity index (χ2n) is 8.19. The van der Waals surface area contributed by atoms with E-state index >= 15 is 0 Å². The maximum atomic E-state index is 12.7. The van der Waals surface area contributed by atoms with Gasteiger partial charge in [-0.15, -0.1) is 0 Å². The van der Waals surface area contributed by atoms with Crippen LogP contribution in [-0.2, 0) is 18.5 Å². The number of fused-ring (bicyclic) bond motifs is 1. The van der Waals surface area contributed by atoms with Gasteiger partial charge in [0.15, 0.2) is 0 Å². The molecule has 1 heterocycles. The number of hydrogen-bond donors (Lipinski definition) is 0. The standard InChI is InChI=1S/C19H28N2O2Si/c1-14-11-15(12-14)16-7-6-8-17-18(16)20(2)19(22)21(17)13-23-9-10-24(3,4)5/h6-8,15H,1,9-13H2,2-5H3. The van der Waals surface area contributed by atoms with Gasteiger partial charge in [0.25, 0.3) is 0 Å². The van der Waals surface area contributed by atoms with Crippen molar-refractivity contribution in [1.82, 2.24) is 9.13 Å². The van der Waals surface area contributed by atoms with E-state index in [1.807, 2.05) is 13.1 Å². The van der Waals surface area contributed by atoms with Crippen LogP contribution in [0.4, 0.5) is 0 Å². The van der Waals surface area contributed by atoms with E-state index in [-0.39, 0.29) is 5.69 Å². The number of nitrogens with zero attached hydrogens (tertiary/aromatic N) is 2. The summed E-state index contributed by atoms with van der Waals surface area (Å²) < 4.78 is 9.36. The monoisotopic (exact) mass is 344 g/mol. The van der Waals surface area contributed by atoms with Crippen molar-refractivity contribution in [3.63, 3.8) is 0 Å². The Morgan fingerprint density at radius 3 is 2.62 bits per heavy atom. The van der Waals surface area contributed by atoms with Crippen LogP contribution in [-0.4, -0.2) is 23.8 Å². The normalized spacial score (nSPS) is 15.9. The summed E-state index contributed by atoms with van der Waals surface area (Å²) in [6.45, 7) is 12.1. The minimum atomic E-state index is -1.11. The van der Waals surface area contributed by atoms with E-state index in [4.69, 9.17) is 4.74 Å². The van der Waals surface area contributed by atoms with Gasteiger partial charge in [-0.1, -0.05) is 43.9 Å². The van der Waals surface area contributed by atoms with Crippen LogP contribution in [0.15, 0.2) is 35.1 Å². The van der Waals surface area contributed by atoms with Gasteiger partial charge in [-0.2, -0.15) is 0 Å². The lowest BCUT2D eigenvalue weighted by atomic mass is 9.76. The molecule has 0 bridgehead atoms. The smallest absolute Gasteiger partial charge is 0.330 e. The zero-order valence-corrected chi connectivity index (χ0v) is 16.3. The van der Waals surface area contributed by atoms with Crippen molar-refractivity contribution < 1.29 is 4.74 Å². The first kappa shape index (κ1) is 17.2. The average molecular weight is 345 g/mol.